The van der Waals surface area contributed by atoms with Crippen LogP contribution in [0, 0.1) is 11.8 Å². The monoisotopic (exact) mass is 284 g/mol. The standard InChI is InChI=1S/C16H20N4O/c1-2-3-4-5-8-14-17-11-13-16(19-14)20(12-18-13)15-9-6-7-10-21-15/h11-12,15H,2-4,6-7,9-10H2,1H3. The first-order valence-electron chi connectivity index (χ1n) is 7.68. The lowest BCUT2D eigenvalue weighted by Gasteiger charge is -2.23. The van der Waals surface area contributed by atoms with Gasteiger partial charge in [-0.1, -0.05) is 19.3 Å². The van der Waals surface area contributed by atoms with Gasteiger partial charge in [-0.3, -0.25) is 4.57 Å². The normalized spacial score (nSPS) is 18.4. The lowest BCUT2D eigenvalue weighted by atomic mass is 10.2. The third-order valence-corrected chi connectivity index (χ3v) is 3.64. The number of hydrogen-bond donors (Lipinski definition) is 0. The zero-order valence-corrected chi connectivity index (χ0v) is 12.4. The summed E-state index contributed by atoms with van der Waals surface area (Å²) in [6.07, 6.45) is 10.1. The van der Waals surface area contributed by atoms with Crippen molar-refractivity contribution < 1.29 is 4.74 Å². The van der Waals surface area contributed by atoms with Gasteiger partial charge >= 0.3 is 0 Å². The predicted octanol–water partition coefficient (Wildman–Crippen LogP) is 3.07. The van der Waals surface area contributed by atoms with Gasteiger partial charge in [0.15, 0.2) is 5.65 Å². The van der Waals surface area contributed by atoms with Crippen LogP contribution < -0.4 is 0 Å². The van der Waals surface area contributed by atoms with Gasteiger partial charge in [0, 0.05) is 13.0 Å². The number of rotatable bonds is 3. The Bertz CT molecular complexity index is 662. The maximum absolute atomic E-state index is 5.81. The van der Waals surface area contributed by atoms with Gasteiger partial charge in [-0.15, -0.1) is 0 Å². The SMILES string of the molecule is CCCCC#Cc1ncc2ncn(C3CCCCO3)c2n1. The smallest absolute Gasteiger partial charge is 0.206 e. The Labute approximate surface area is 124 Å². The van der Waals surface area contributed by atoms with Crippen LogP contribution in [-0.2, 0) is 4.74 Å². The van der Waals surface area contributed by atoms with Gasteiger partial charge in [0.25, 0.3) is 0 Å². The van der Waals surface area contributed by atoms with E-state index in [1.807, 2.05) is 4.57 Å². The molecule has 5 heteroatoms. The number of aromatic nitrogens is 4. The molecule has 2 aromatic heterocycles. The van der Waals surface area contributed by atoms with Crippen LogP contribution in [0.3, 0.4) is 0 Å². The summed E-state index contributed by atoms with van der Waals surface area (Å²) in [7, 11) is 0. The molecular weight excluding hydrogens is 264 g/mol. The zero-order chi connectivity index (χ0) is 14.5. The Kier molecular flexibility index (Phi) is 4.46. The summed E-state index contributed by atoms with van der Waals surface area (Å²) in [6.45, 7) is 2.96. The van der Waals surface area contributed by atoms with Gasteiger partial charge in [0.2, 0.25) is 5.82 Å². The number of hydrogen-bond acceptors (Lipinski definition) is 4. The van der Waals surface area contributed by atoms with Crippen molar-refractivity contribution in [2.45, 2.75) is 51.7 Å². The maximum atomic E-state index is 5.81. The fraction of sp³-hybridized carbons (Fsp3) is 0.562. The van der Waals surface area contributed by atoms with Crippen LogP contribution in [0.4, 0.5) is 0 Å². The molecule has 0 amide bonds. The topological polar surface area (TPSA) is 52.8 Å². The van der Waals surface area contributed by atoms with E-state index in [9.17, 15) is 0 Å². The van der Waals surface area contributed by atoms with Crippen LogP contribution in [0.15, 0.2) is 12.5 Å². The van der Waals surface area contributed by atoms with E-state index in [2.05, 4.69) is 33.7 Å². The fourth-order valence-electron chi connectivity index (χ4n) is 2.45. The molecule has 0 N–H and O–H groups in total. The van der Waals surface area contributed by atoms with E-state index in [1.165, 1.54) is 6.42 Å². The quantitative estimate of drug-likeness (QED) is 0.642. The third kappa shape index (κ3) is 3.22. The molecule has 2 aromatic rings. The second kappa shape index (κ2) is 6.68. The maximum Gasteiger partial charge on any atom is 0.206 e. The summed E-state index contributed by atoms with van der Waals surface area (Å²) in [5.74, 6) is 6.73. The molecule has 1 atom stereocenters. The van der Waals surface area contributed by atoms with Gasteiger partial charge < -0.3 is 4.74 Å². The van der Waals surface area contributed by atoms with E-state index >= 15 is 0 Å². The van der Waals surface area contributed by atoms with Crippen LogP contribution >= 0.6 is 0 Å². The van der Waals surface area contributed by atoms with Crippen molar-refractivity contribution in [1.29, 1.82) is 0 Å². The van der Waals surface area contributed by atoms with Crippen molar-refractivity contribution >= 4 is 11.2 Å². The first-order valence-corrected chi connectivity index (χ1v) is 7.68. The van der Waals surface area contributed by atoms with Crippen LogP contribution in [-0.4, -0.2) is 26.1 Å². The van der Waals surface area contributed by atoms with Crippen LogP contribution in [0.1, 0.15) is 57.5 Å². The fourth-order valence-corrected chi connectivity index (χ4v) is 2.45. The largest absolute Gasteiger partial charge is 0.358 e. The summed E-state index contributed by atoms with van der Waals surface area (Å²) in [5, 5.41) is 0. The summed E-state index contributed by atoms with van der Waals surface area (Å²) in [6, 6.07) is 0. The second-order valence-corrected chi connectivity index (χ2v) is 5.28. The molecule has 21 heavy (non-hydrogen) atoms. The van der Waals surface area contributed by atoms with E-state index in [-0.39, 0.29) is 6.23 Å². The van der Waals surface area contributed by atoms with Crippen molar-refractivity contribution in [3.05, 3.63) is 18.3 Å². The third-order valence-electron chi connectivity index (χ3n) is 3.64. The minimum absolute atomic E-state index is 0.0413. The van der Waals surface area contributed by atoms with Crippen molar-refractivity contribution in [3.63, 3.8) is 0 Å². The lowest BCUT2D eigenvalue weighted by Crippen LogP contribution is -2.17. The molecule has 3 heterocycles. The zero-order valence-electron chi connectivity index (χ0n) is 12.4. The van der Waals surface area contributed by atoms with E-state index in [0.717, 1.165) is 49.9 Å². The highest BCUT2D eigenvalue weighted by Crippen LogP contribution is 2.25. The van der Waals surface area contributed by atoms with E-state index < -0.39 is 0 Å². The van der Waals surface area contributed by atoms with E-state index in [4.69, 9.17) is 4.74 Å². The minimum atomic E-state index is 0.0413. The predicted molar refractivity (Wildman–Crippen MR) is 80.6 cm³/mol. The Morgan fingerprint density at radius 3 is 3.14 bits per heavy atom. The lowest BCUT2D eigenvalue weighted by molar-refractivity contribution is -0.0298. The molecule has 1 fully saturated rings. The average Bonchev–Trinajstić information content (AvgIpc) is 2.95. The molecule has 0 spiro atoms. The van der Waals surface area contributed by atoms with Crippen molar-refractivity contribution in [2.75, 3.05) is 6.61 Å². The highest BCUT2D eigenvalue weighted by Gasteiger charge is 2.18. The number of unbranched alkanes of at least 4 members (excludes halogenated alkanes) is 2. The van der Waals surface area contributed by atoms with Crippen LogP contribution in [0.5, 0.6) is 0 Å². The van der Waals surface area contributed by atoms with E-state index in [0.29, 0.717) is 5.82 Å². The molecule has 0 radical (unpaired) electrons. The number of imidazole rings is 1. The average molecular weight is 284 g/mol. The van der Waals surface area contributed by atoms with Gasteiger partial charge in [-0.05, 0) is 31.6 Å². The first kappa shape index (κ1) is 14.0. The molecule has 0 aromatic carbocycles. The molecule has 110 valence electrons. The number of fused-ring (bicyclic) bond motifs is 1. The minimum Gasteiger partial charge on any atom is -0.358 e. The van der Waals surface area contributed by atoms with Crippen molar-refractivity contribution in [1.82, 2.24) is 19.5 Å². The molecule has 1 saturated heterocycles. The number of ether oxygens (including phenoxy) is 1. The Hall–Kier alpha value is -1.93. The highest BCUT2D eigenvalue weighted by atomic mass is 16.5. The summed E-state index contributed by atoms with van der Waals surface area (Å²) >= 11 is 0. The molecule has 1 aliphatic rings. The first-order chi connectivity index (χ1) is 10.4. The number of nitrogens with zero attached hydrogens (tertiary/aromatic N) is 4. The Morgan fingerprint density at radius 2 is 2.33 bits per heavy atom. The van der Waals surface area contributed by atoms with Gasteiger partial charge in [0.1, 0.15) is 11.7 Å². The molecule has 3 rings (SSSR count). The Morgan fingerprint density at radius 1 is 1.38 bits per heavy atom. The highest BCUT2D eigenvalue weighted by molar-refractivity contribution is 5.69. The van der Waals surface area contributed by atoms with Gasteiger partial charge in [-0.25, -0.2) is 15.0 Å². The van der Waals surface area contributed by atoms with Gasteiger partial charge in [-0.2, -0.15) is 0 Å². The molecular formula is C16H20N4O. The molecule has 0 bridgehead atoms. The van der Waals surface area contributed by atoms with Crippen LogP contribution in [0.2, 0.25) is 0 Å². The second-order valence-electron chi connectivity index (χ2n) is 5.28. The summed E-state index contributed by atoms with van der Waals surface area (Å²) in [5.41, 5.74) is 1.61. The molecule has 1 aliphatic heterocycles. The van der Waals surface area contributed by atoms with Crippen LogP contribution in [0.25, 0.3) is 11.2 Å². The molecule has 1 unspecified atom stereocenters. The summed E-state index contributed by atoms with van der Waals surface area (Å²) in [4.78, 5) is 13.2. The summed E-state index contributed by atoms with van der Waals surface area (Å²) < 4.78 is 7.82. The Balaban J connectivity index is 1.86. The molecule has 5 nitrogen and oxygen atoms in total. The van der Waals surface area contributed by atoms with Gasteiger partial charge in [0.05, 0.1) is 12.5 Å². The van der Waals surface area contributed by atoms with Crippen molar-refractivity contribution in [2.24, 2.45) is 0 Å². The molecule has 0 aliphatic carbocycles. The van der Waals surface area contributed by atoms with E-state index in [1.54, 1.807) is 12.5 Å². The van der Waals surface area contributed by atoms with Crippen molar-refractivity contribution in [3.8, 4) is 11.8 Å². The molecule has 0 saturated carbocycles.